The third-order valence-electron chi connectivity index (χ3n) is 16.4. The molecule has 83 heavy (non-hydrogen) atoms. The van der Waals surface area contributed by atoms with E-state index < -0.39 is 53.5 Å². The van der Waals surface area contributed by atoms with Crippen LogP contribution in [0.3, 0.4) is 0 Å². The van der Waals surface area contributed by atoms with Crippen molar-refractivity contribution in [3.05, 3.63) is 117 Å². The molecule has 22 heteroatoms. The number of hydrogen-bond donors (Lipinski definition) is 4. The monoisotopic (exact) mass is 1140 g/mol. The lowest BCUT2D eigenvalue weighted by Gasteiger charge is -2.56. The number of aromatic nitrogens is 5. The molecule has 3 aromatic carbocycles. The molecular weight excluding hydrogens is 1080 g/mol. The lowest BCUT2D eigenvalue weighted by atomic mass is 9.86. The number of anilines is 1. The summed E-state index contributed by atoms with van der Waals surface area (Å²) < 4.78 is 66.3. The average Bonchev–Trinajstić information content (AvgIpc) is 2.53. The van der Waals surface area contributed by atoms with Crippen LogP contribution in [0.5, 0.6) is 17.5 Å². The number of hydrogen-bond acceptors (Lipinski definition) is 16. The molecule has 5 fully saturated rings. The molecule has 2 bridgehead atoms. The zero-order chi connectivity index (χ0) is 58.8. The summed E-state index contributed by atoms with van der Waals surface area (Å²) in [6, 6.07) is 11.1. The smallest absolute Gasteiger partial charge is 0.340 e. The Balaban J connectivity index is 0.00000177. The van der Waals surface area contributed by atoms with Crippen LogP contribution in [-0.2, 0) is 38.8 Å². The fourth-order valence-electron chi connectivity index (χ4n) is 12.7. The third-order valence-corrected chi connectivity index (χ3v) is 16.4. The number of terminal acetylenes is 1. The van der Waals surface area contributed by atoms with E-state index >= 15 is 8.78 Å². The number of carbonyl (C=O) groups excluding carboxylic acids is 3. The summed E-state index contributed by atoms with van der Waals surface area (Å²) in [4.78, 5) is 77.1. The van der Waals surface area contributed by atoms with Gasteiger partial charge in [0.15, 0.2) is 11.9 Å². The summed E-state index contributed by atoms with van der Waals surface area (Å²) >= 11 is 0. The summed E-state index contributed by atoms with van der Waals surface area (Å²) in [5.41, 5.74) is 1.30. The fraction of sp³-hybridized carbons (Fsp3) is 0.377. The van der Waals surface area contributed by atoms with Crippen LogP contribution in [0.4, 0.5) is 19.0 Å². The number of pyridine rings is 3. The Morgan fingerprint density at radius 3 is 2.52 bits per heavy atom. The highest BCUT2D eigenvalue weighted by Gasteiger charge is 2.51. The number of amides is 2. The van der Waals surface area contributed by atoms with Crippen LogP contribution in [0, 0.1) is 24.0 Å². The van der Waals surface area contributed by atoms with Crippen molar-refractivity contribution in [1.82, 2.24) is 39.6 Å². The zero-order valence-corrected chi connectivity index (χ0v) is 46.1. The molecule has 430 valence electrons. The molecule has 19 nitrogen and oxygen atoms in total. The van der Waals surface area contributed by atoms with Crippen molar-refractivity contribution in [2.45, 2.75) is 103 Å². The molecule has 0 radical (unpaired) electrons. The number of phenolic OH excluding ortho intramolecular Hbond substituents is 1. The van der Waals surface area contributed by atoms with Gasteiger partial charge in [-0.3, -0.25) is 24.3 Å². The van der Waals surface area contributed by atoms with Gasteiger partial charge in [0.05, 0.1) is 57.6 Å². The number of aliphatic hydroxyl groups excluding tert-OH is 2. The second-order valence-corrected chi connectivity index (χ2v) is 21.0. The van der Waals surface area contributed by atoms with Gasteiger partial charge >= 0.3 is 12.0 Å². The minimum Gasteiger partial charge on any atom is -0.508 e. The van der Waals surface area contributed by atoms with E-state index in [-0.39, 0.29) is 139 Å². The molecule has 14 rings (SSSR count). The number of rotatable bonds is 12. The van der Waals surface area contributed by atoms with Crippen molar-refractivity contribution in [1.29, 1.82) is 0 Å². The van der Waals surface area contributed by atoms with E-state index in [2.05, 4.69) is 32.7 Å². The number of nitrogens with zero attached hydrogens (tertiary/aromatic N) is 8. The number of carbonyl (C=O) groups is 3. The van der Waals surface area contributed by atoms with Crippen LogP contribution in [0.15, 0.2) is 71.7 Å². The molecule has 4 aromatic heterocycles. The number of aromatic hydroxyl groups is 1. The normalized spacial score (nSPS) is 20.8. The molecule has 7 aliphatic heterocycles. The van der Waals surface area contributed by atoms with Gasteiger partial charge in [-0.1, -0.05) is 46.3 Å². The molecule has 0 aliphatic carbocycles. The topological polar surface area (TPSA) is 235 Å². The number of fused-ring (bicyclic) bond motifs is 10. The van der Waals surface area contributed by atoms with E-state index in [0.717, 1.165) is 13.0 Å². The Labute approximate surface area is 474 Å². The lowest BCUT2D eigenvalue weighted by Crippen LogP contribution is -2.70. The number of alkyl halides is 1. The quantitative estimate of drug-likeness (QED) is 0.0567. The minimum atomic E-state index is -1.65. The summed E-state index contributed by atoms with van der Waals surface area (Å²) in [6.45, 7) is 12.4. The Hall–Kier alpha value is -8.65. The maximum absolute atomic E-state index is 17.3. The lowest BCUT2D eigenvalue weighted by molar-refractivity contribution is -0.157. The first kappa shape index (κ1) is 56.2. The van der Waals surface area contributed by atoms with Gasteiger partial charge in [0.25, 0.3) is 11.5 Å². The van der Waals surface area contributed by atoms with E-state index in [1.807, 2.05) is 32.6 Å². The summed E-state index contributed by atoms with van der Waals surface area (Å²) in [6.07, 6.45) is 7.00. The predicted molar refractivity (Wildman–Crippen MR) is 301 cm³/mol. The van der Waals surface area contributed by atoms with Gasteiger partial charge in [0.2, 0.25) is 5.91 Å². The van der Waals surface area contributed by atoms with Crippen LogP contribution >= 0.6 is 0 Å². The predicted octanol–water partition coefficient (Wildman–Crippen LogP) is 6.68. The minimum absolute atomic E-state index is 0.0424. The Bertz CT molecular complexity index is 3950. The van der Waals surface area contributed by atoms with Gasteiger partial charge in [-0.2, -0.15) is 9.97 Å². The van der Waals surface area contributed by atoms with E-state index in [9.17, 15) is 38.9 Å². The molecule has 4 N–H and O–H groups in total. The Kier molecular flexibility index (Phi) is 15.1. The number of phenols is 1. The molecule has 5 saturated heterocycles. The average molecular weight is 1140 g/mol. The van der Waals surface area contributed by atoms with Crippen LogP contribution < -0.4 is 25.2 Å². The van der Waals surface area contributed by atoms with Crippen LogP contribution in [0.1, 0.15) is 87.3 Å². The second-order valence-electron chi connectivity index (χ2n) is 21.0. The fourth-order valence-corrected chi connectivity index (χ4v) is 12.7. The van der Waals surface area contributed by atoms with Crippen molar-refractivity contribution < 1.29 is 57.1 Å². The first-order valence-electron chi connectivity index (χ1n) is 27.7. The van der Waals surface area contributed by atoms with E-state index in [1.54, 1.807) is 29.2 Å². The van der Waals surface area contributed by atoms with Crippen LogP contribution in [0.25, 0.3) is 55.2 Å². The number of piperidine rings is 1. The maximum atomic E-state index is 17.3. The molecular formula is C61H60F3N9O10. The number of ether oxygens (including phenoxy) is 3. The number of halogens is 3. The molecule has 4 unspecified atom stereocenters. The van der Waals surface area contributed by atoms with Crippen molar-refractivity contribution in [3.63, 3.8) is 0 Å². The van der Waals surface area contributed by atoms with Crippen LogP contribution in [-0.4, -0.2) is 137 Å². The van der Waals surface area contributed by atoms with Crippen LogP contribution in [0.2, 0.25) is 0 Å². The SMILES string of the molecule is C#Cc1c(F)ccc2cc(O)cc(-c3ncc4c(N5CC6CC(C5)N6C(=O)C(=C)COc5ccc6nc7c(c(CNC(=O)CO)c6c5)Cn5c-7cc6c(c5=O)COC(=O)C6O)nc(OC[C@@]56CCCN5CC(F)C6)nc4c3F)c12.CC.CC. The number of nitrogens with one attached hydrogen (secondary N) is 1. The molecule has 0 saturated carbocycles. The number of esters is 1. The number of benzene rings is 3. The van der Waals surface area contributed by atoms with E-state index in [4.69, 9.17) is 30.6 Å². The zero-order valence-electron chi connectivity index (χ0n) is 46.1. The standard InChI is InChI=1S/C57H48F3N9O10.2C2H6/c1-3-34-42(59)7-5-28-11-32(71)13-37(46(28)34)49-47(60)50-39(18-62-49)52(65-56(64-50)79-26-57-9-4-10-67(57)19-29(58)16-57)66-20-30-12-31(21-66)69(30)53(74)27(2)24-77-33-6-8-43-35(14-33)38(17-61-45(72)23-70)40-22-68-44(48(40)63-43)15-36-41(54(68)75)25-78-55(76)51(36)73;2*1-2/h1,5-8,11,13-15,18,29-31,51,70-71,73H,2,4,9-10,12,16-17,19-26H2,(H,61,72);2*1-2H3/t29?,30?,31?,51?,57-;;/m0../s1. The summed E-state index contributed by atoms with van der Waals surface area (Å²) in [5.74, 6) is -0.705. The largest absolute Gasteiger partial charge is 0.508 e. The summed E-state index contributed by atoms with van der Waals surface area (Å²) in [7, 11) is 0. The number of cyclic esters (lactones) is 1. The van der Waals surface area contributed by atoms with E-state index in [0.29, 0.717) is 63.2 Å². The molecule has 11 heterocycles. The first-order chi connectivity index (χ1) is 40.1. The molecule has 7 aromatic rings. The molecule has 2 amide bonds. The van der Waals surface area contributed by atoms with Gasteiger partial charge in [-0.05, 0) is 79.2 Å². The van der Waals surface area contributed by atoms with E-state index in [1.165, 1.54) is 35.0 Å². The Morgan fingerprint density at radius 2 is 1.76 bits per heavy atom. The van der Waals surface area contributed by atoms with Crippen molar-refractivity contribution >= 4 is 56.2 Å². The maximum Gasteiger partial charge on any atom is 0.340 e. The third kappa shape index (κ3) is 9.59. The van der Waals surface area contributed by atoms with Gasteiger partial charge in [0.1, 0.15) is 66.9 Å². The molecule has 7 aliphatic rings. The molecule has 0 spiro atoms. The highest BCUT2D eigenvalue weighted by Crippen LogP contribution is 2.44. The highest BCUT2D eigenvalue weighted by molar-refractivity contribution is 6.03. The van der Waals surface area contributed by atoms with Gasteiger partial charge in [0, 0.05) is 71.8 Å². The van der Waals surface area contributed by atoms with Gasteiger partial charge < -0.3 is 49.2 Å². The number of aliphatic hydroxyl groups is 2. The summed E-state index contributed by atoms with van der Waals surface area (Å²) in [5, 5.41) is 34.9. The highest BCUT2D eigenvalue weighted by atomic mass is 19.1. The van der Waals surface area contributed by atoms with Gasteiger partial charge in [-0.25, -0.2) is 22.9 Å². The second kappa shape index (κ2) is 22.3. The van der Waals surface area contributed by atoms with Gasteiger partial charge in [-0.15, -0.1) is 6.42 Å². The number of piperazine rings is 1. The first-order valence-corrected chi connectivity index (χ1v) is 27.7. The van der Waals surface area contributed by atoms with Crippen molar-refractivity contribution in [3.8, 4) is 52.5 Å². The van der Waals surface area contributed by atoms with Crippen molar-refractivity contribution in [2.75, 3.05) is 50.9 Å². The van der Waals surface area contributed by atoms with Crippen molar-refractivity contribution in [2.24, 2.45) is 0 Å². The Morgan fingerprint density at radius 1 is 0.976 bits per heavy atom. The molecule has 5 atom stereocenters.